The van der Waals surface area contributed by atoms with Gasteiger partial charge in [-0.05, 0) is 48.9 Å². The molecule has 0 aliphatic rings. The second-order valence-corrected chi connectivity index (χ2v) is 8.55. The summed E-state index contributed by atoms with van der Waals surface area (Å²) in [6.45, 7) is 1.96. The van der Waals surface area contributed by atoms with Crippen molar-refractivity contribution >= 4 is 15.7 Å². The van der Waals surface area contributed by atoms with E-state index in [1.165, 1.54) is 7.11 Å². The van der Waals surface area contributed by atoms with Crippen LogP contribution in [0.4, 0.5) is 5.69 Å². The first kappa shape index (κ1) is 20.9. The summed E-state index contributed by atoms with van der Waals surface area (Å²) < 4.78 is 34.7. The fourth-order valence-corrected chi connectivity index (χ4v) is 3.96. The summed E-state index contributed by atoms with van der Waals surface area (Å²) in [5, 5.41) is 0. The highest BCUT2D eigenvalue weighted by atomic mass is 32.2. The quantitative estimate of drug-likeness (QED) is 0.434. The van der Waals surface area contributed by atoms with Crippen LogP contribution in [0.5, 0.6) is 11.5 Å². The third-order valence-corrected chi connectivity index (χ3v) is 5.90. The van der Waals surface area contributed by atoms with E-state index in [1.807, 2.05) is 91.9 Å². The fourth-order valence-electron chi connectivity index (χ4n) is 2.70. The molecule has 0 aromatic heterocycles. The Labute approximate surface area is 172 Å². The van der Waals surface area contributed by atoms with Crippen molar-refractivity contribution in [2.24, 2.45) is 4.36 Å². The number of hydrogen-bond donors (Lipinski definition) is 0. The molecule has 1 atom stereocenters. The van der Waals surface area contributed by atoms with Crippen LogP contribution in [0.15, 0.2) is 89.3 Å². The van der Waals surface area contributed by atoms with Crippen molar-refractivity contribution in [3.05, 3.63) is 90.5 Å². The Morgan fingerprint density at radius 3 is 1.97 bits per heavy atom. The van der Waals surface area contributed by atoms with E-state index in [-0.39, 0.29) is 5.75 Å². The Balaban J connectivity index is 1.77. The van der Waals surface area contributed by atoms with Gasteiger partial charge in [0.25, 0.3) is 0 Å². The van der Waals surface area contributed by atoms with Gasteiger partial charge in [0.2, 0.25) is 6.29 Å². The molecule has 0 aliphatic heterocycles. The maximum Gasteiger partial charge on any atom is 0.242 e. The first-order chi connectivity index (χ1) is 14.1. The van der Waals surface area contributed by atoms with Crippen molar-refractivity contribution in [3.8, 4) is 11.5 Å². The monoisotopic (exact) mass is 411 g/mol. The molecule has 0 radical (unpaired) electrons. The summed E-state index contributed by atoms with van der Waals surface area (Å²) >= 11 is 0. The average molecular weight is 412 g/mol. The molecule has 6 heteroatoms. The van der Waals surface area contributed by atoms with E-state index in [4.69, 9.17) is 13.7 Å². The minimum Gasteiger partial charge on any atom is -0.455 e. The maximum atomic E-state index is 13.1. The first-order valence-electron chi connectivity index (χ1n) is 9.37. The number of para-hydroxylation sites is 2. The Hall–Kier alpha value is -2.83. The Morgan fingerprint density at radius 2 is 1.45 bits per heavy atom. The molecule has 5 nitrogen and oxygen atoms in total. The number of benzene rings is 3. The van der Waals surface area contributed by atoms with Crippen LogP contribution in [0.25, 0.3) is 0 Å². The highest BCUT2D eigenvalue weighted by Crippen LogP contribution is 2.21. The van der Waals surface area contributed by atoms with Gasteiger partial charge in [0.05, 0.1) is 18.6 Å². The van der Waals surface area contributed by atoms with Crippen molar-refractivity contribution < 1.29 is 17.9 Å². The van der Waals surface area contributed by atoms with Crippen molar-refractivity contribution in [2.45, 2.75) is 19.6 Å². The molecule has 0 heterocycles. The zero-order valence-electron chi connectivity index (χ0n) is 16.6. The molecule has 1 unspecified atom stereocenters. The average Bonchev–Trinajstić information content (AvgIpc) is 2.74. The molecule has 3 aromatic rings. The lowest BCUT2D eigenvalue weighted by molar-refractivity contribution is 0.00376. The first-order valence-corrected chi connectivity index (χ1v) is 11.0. The third-order valence-electron chi connectivity index (χ3n) is 4.14. The van der Waals surface area contributed by atoms with E-state index in [0.29, 0.717) is 23.6 Å². The van der Waals surface area contributed by atoms with Gasteiger partial charge in [-0.2, -0.15) is 4.36 Å². The molecule has 0 amide bonds. The maximum absolute atomic E-state index is 13.1. The van der Waals surface area contributed by atoms with Crippen LogP contribution in [0.1, 0.15) is 12.0 Å². The van der Waals surface area contributed by atoms with Crippen LogP contribution in [-0.2, 0) is 14.2 Å². The fraction of sp³-hybridized carbons (Fsp3) is 0.217. The summed E-state index contributed by atoms with van der Waals surface area (Å²) in [4.78, 5) is 0. The van der Waals surface area contributed by atoms with E-state index in [2.05, 4.69) is 4.36 Å². The number of nitrogens with zero attached hydrogens (tertiary/aromatic N) is 1. The Bertz CT molecular complexity index is 974. The third kappa shape index (κ3) is 6.62. The van der Waals surface area contributed by atoms with Gasteiger partial charge in [-0.15, -0.1) is 0 Å². The van der Waals surface area contributed by atoms with E-state index >= 15 is 0 Å². The Morgan fingerprint density at radius 1 is 0.862 bits per heavy atom. The molecule has 29 heavy (non-hydrogen) atoms. The van der Waals surface area contributed by atoms with Crippen molar-refractivity contribution in [1.29, 1.82) is 0 Å². The summed E-state index contributed by atoms with van der Waals surface area (Å²) in [5.74, 6) is 1.52. The second-order valence-electron chi connectivity index (χ2n) is 6.46. The van der Waals surface area contributed by atoms with Gasteiger partial charge in [-0.25, -0.2) is 4.21 Å². The van der Waals surface area contributed by atoms with Crippen LogP contribution in [0.2, 0.25) is 0 Å². The van der Waals surface area contributed by atoms with Gasteiger partial charge in [-0.1, -0.05) is 48.5 Å². The van der Waals surface area contributed by atoms with Crippen molar-refractivity contribution in [3.63, 3.8) is 0 Å². The Kier molecular flexibility index (Phi) is 7.27. The molecular weight excluding hydrogens is 386 g/mol. The van der Waals surface area contributed by atoms with E-state index < -0.39 is 16.3 Å². The van der Waals surface area contributed by atoms with Gasteiger partial charge in [0, 0.05) is 6.42 Å². The van der Waals surface area contributed by atoms with Crippen molar-refractivity contribution in [2.75, 3.05) is 12.9 Å². The summed E-state index contributed by atoms with van der Waals surface area (Å²) in [5.41, 5.74) is 1.67. The molecule has 152 valence electrons. The molecule has 0 fully saturated rings. The van der Waals surface area contributed by atoms with Gasteiger partial charge in [0.1, 0.15) is 11.5 Å². The van der Waals surface area contributed by atoms with Crippen LogP contribution in [0, 0.1) is 6.92 Å². The van der Waals surface area contributed by atoms with E-state index in [0.717, 1.165) is 5.56 Å². The van der Waals surface area contributed by atoms with Gasteiger partial charge < -0.3 is 9.47 Å². The summed E-state index contributed by atoms with van der Waals surface area (Å²) in [6, 6.07) is 26.3. The van der Waals surface area contributed by atoms with Crippen LogP contribution in [-0.4, -0.2) is 23.4 Å². The largest absolute Gasteiger partial charge is 0.455 e. The normalized spacial score (nSPS) is 12.9. The summed E-state index contributed by atoms with van der Waals surface area (Å²) in [6.07, 6.45) is -0.297. The summed E-state index contributed by atoms with van der Waals surface area (Å²) in [7, 11) is -1.50. The molecule has 3 rings (SSSR count). The lowest BCUT2D eigenvalue weighted by Gasteiger charge is -2.21. The second kappa shape index (κ2) is 10.1. The minimum absolute atomic E-state index is 0.168. The molecular formula is C23H25NO4S. The molecule has 0 bridgehead atoms. The smallest absolute Gasteiger partial charge is 0.242 e. The van der Waals surface area contributed by atoms with E-state index in [9.17, 15) is 4.21 Å². The topological polar surface area (TPSA) is 57.1 Å². The molecule has 3 aromatic carbocycles. The van der Waals surface area contributed by atoms with Gasteiger partial charge in [-0.3, -0.25) is 4.18 Å². The predicted octanol–water partition coefficient (Wildman–Crippen LogP) is 5.53. The number of hydrogen-bond acceptors (Lipinski definition) is 5. The molecule has 0 saturated carbocycles. The minimum atomic E-state index is -2.91. The molecule has 0 spiro atoms. The van der Waals surface area contributed by atoms with Gasteiger partial charge >= 0.3 is 0 Å². The zero-order chi connectivity index (χ0) is 20.5. The highest BCUT2D eigenvalue weighted by Gasteiger charge is 2.18. The van der Waals surface area contributed by atoms with Gasteiger partial charge in [0.15, 0.2) is 10.0 Å². The zero-order valence-corrected chi connectivity index (χ0v) is 17.4. The lowest BCUT2D eigenvalue weighted by atomic mass is 10.2. The number of aryl methyl sites for hydroxylation is 1. The highest BCUT2D eigenvalue weighted by molar-refractivity contribution is 7.89. The van der Waals surface area contributed by atoms with Crippen molar-refractivity contribution in [1.82, 2.24) is 0 Å². The number of rotatable bonds is 9. The molecule has 0 saturated heterocycles. The van der Waals surface area contributed by atoms with Crippen LogP contribution < -0.4 is 9.47 Å². The molecule has 0 N–H and O–H groups in total. The standard InChI is InChI=1S/C23H25NO4S/c1-19-10-9-11-20(18-19)24-29(25,26-2)17-16-23(27-21-12-5-3-6-13-21)28-22-14-7-4-8-15-22/h3-15,18,23H,16-17H2,1-2H3. The number of ether oxygens (including phenoxy) is 2. The van der Waals surface area contributed by atoms with Crippen LogP contribution in [0.3, 0.4) is 0 Å². The van der Waals surface area contributed by atoms with E-state index in [1.54, 1.807) is 0 Å². The SMILES string of the molecule is COS(=O)(CCC(Oc1ccccc1)Oc1ccccc1)=Nc1cccc(C)c1. The predicted molar refractivity (Wildman–Crippen MR) is 116 cm³/mol. The lowest BCUT2D eigenvalue weighted by Crippen LogP contribution is -2.27. The van der Waals surface area contributed by atoms with Crippen LogP contribution >= 0.6 is 0 Å². The molecule has 0 aliphatic carbocycles.